The van der Waals surface area contributed by atoms with E-state index in [0.29, 0.717) is 43.3 Å². The molecular formula is C23H25FN4O3S. The predicted octanol–water partition coefficient (Wildman–Crippen LogP) is 4.17. The third-order valence-corrected chi connectivity index (χ3v) is 5.97. The molecule has 7 nitrogen and oxygen atoms in total. The zero-order chi connectivity index (χ0) is 22.3. The summed E-state index contributed by atoms with van der Waals surface area (Å²) in [6, 6.07) is 13.5. The van der Waals surface area contributed by atoms with Gasteiger partial charge in [0, 0.05) is 25.5 Å². The Bertz CT molecular complexity index is 1240. The maximum absolute atomic E-state index is 13.1. The highest BCUT2D eigenvalue weighted by molar-refractivity contribution is 7.99. The molecule has 2 heterocycles. The first kappa shape index (κ1) is 22.3. The van der Waals surface area contributed by atoms with Crippen LogP contribution in [0.25, 0.3) is 16.7 Å². The smallest absolute Gasteiger partial charge is 0.262 e. The van der Waals surface area contributed by atoms with Crippen LogP contribution in [0, 0.1) is 5.82 Å². The van der Waals surface area contributed by atoms with E-state index in [1.807, 2.05) is 35.6 Å². The van der Waals surface area contributed by atoms with E-state index >= 15 is 0 Å². The zero-order valence-corrected chi connectivity index (χ0v) is 18.7. The lowest BCUT2D eigenvalue weighted by atomic mass is 10.2. The van der Waals surface area contributed by atoms with Gasteiger partial charge in [-0.05, 0) is 56.2 Å². The molecule has 4 aromatic rings. The molecule has 4 rings (SSSR count). The Labute approximate surface area is 189 Å². The summed E-state index contributed by atoms with van der Waals surface area (Å²) >= 11 is 1.56. The first-order valence-corrected chi connectivity index (χ1v) is 11.6. The minimum atomic E-state index is -0.282. The molecule has 0 bridgehead atoms. The summed E-state index contributed by atoms with van der Waals surface area (Å²) in [5.74, 6) is 1.66. The second-order valence-corrected chi connectivity index (χ2v) is 8.21. The van der Waals surface area contributed by atoms with E-state index in [4.69, 9.17) is 9.47 Å². The van der Waals surface area contributed by atoms with Gasteiger partial charge in [-0.2, -0.15) is 0 Å². The second-order valence-electron chi connectivity index (χ2n) is 7.15. The zero-order valence-electron chi connectivity index (χ0n) is 17.9. The van der Waals surface area contributed by atoms with Crippen LogP contribution in [0.3, 0.4) is 0 Å². The predicted molar refractivity (Wildman–Crippen MR) is 123 cm³/mol. The minimum absolute atomic E-state index is 0.0683. The van der Waals surface area contributed by atoms with Gasteiger partial charge in [0.05, 0.1) is 17.5 Å². The summed E-state index contributed by atoms with van der Waals surface area (Å²) in [7, 11) is 0. The number of para-hydroxylation sites is 1. The van der Waals surface area contributed by atoms with Gasteiger partial charge in [0.15, 0.2) is 5.16 Å². The molecule has 0 amide bonds. The van der Waals surface area contributed by atoms with Crippen LogP contribution in [0.4, 0.5) is 4.39 Å². The van der Waals surface area contributed by atoms with Gasteiger partial charge < -0.3 is 9.47 Å². The van der Waals surface area contributed by atoms with Gasteiger partial charge in [-0.1, -0.05) is 23.9 Å². The fourth-order valence-corrected chi connectivity index (χ4v) is 4.29. The molecule has 0 fully saturated rings. The van der Waals surface area contributed by atoms with E-state index in [0.717, 1.165) is 29.3 Å². The summed E-state index contributed by atoms with van der Waals surface area (Å²) in [4.78, 5) is 13.1. The molecule has 32 heavy (non-hydrogen) atoms. The lowest BCUT2D eigenvalue weighted by molar-refractivity contribution is 0.141. The van der Waals surface area contributed by atoms with Crippen LogP contribution < -0.4 is 10.3 Å². The summed E-state index contributed by atoms with van der Waals surface area (Å²) < 4.78 is 27.7. The maximum Gasteiger partial charge on any atom is 0.262 e. The molecule has 2 aromatic carbocycles. The van der Waals surface area contributed by atoms with Crippen molar-refractivity contribution in [2.45, 2.75) is 31.5 Å². The molecule has 0 saturated heterocycles. The normalized spacial score (nSPS) is 11.4. The Morgan fingerprint density at radius 3 is 2.66 bits per heavy atom. The van der Waals surface area contributed by atoms with Crippen LogP contribution in [0.5, 0.6) is 5.75 Å². The summed E-state index contributed by atoms with van der Waals surface area (Å²) in [6.07, 6.45) is 1.50. The molecular weight excluding hydrogens is 431 g/mol. The van der Waals surface area contributed by atoms with E-state index in [1.54, 1.807) is 28.5 Å². The quantitative estimate of drug-likeness (QED) is 0.249. The molecule has 0 aliphatic carbocycles. The Morgan fingerprint density at radius 1 is 1.03 bits per heavy atom. The van der Waals surface area contributed by atoms with Gasteiger partial charge in [0.2, 0.25) is 5.78 Å². The molecule has 2 aromatic heterocycles. The van der Waals surface area contributed by atoms with Crippen molar-refractivity contribution in [3.8, 4) is 5.75 Å². The van der Waals surface area contributed by atoms with E-state index in [-0.39, 0.29) is 11.4 Å². The number of nitrogens with zero attached hydrogens (tertiary/aromatic N) is 4. The third-order valence-electron chi connectivity index (χ3n) is 4.95. The van der Waals surface area contributed by atoms with E-state index in [9.17, 15) is 9.18 Å². The van der Waals surface area contributed by atoms with Crippen molar-refractivity contribution < 1.29 is 13.9 Å². The van der Waals surface area contributed by atoms with Crippen molar-refractivity contribution >= 4 is 28.4 Å². The highest BCUT2D eigenvalue weighted by Gasteiger charge is 2.16. The van der Waals surface area contributed by atoms with Crippen LogP contribution >= 0.6 is 11.8 Å². The monoisotopic (exact) mass is 456 g/mol. The van der Waals surface area contributed by atoms with Gasteiger partial charge in [-0.3, -0.25) is 13.8 Å². The molecule has 0 aliphatic heterocycles. The summed E-state index contributed by atoms with van der Waals surface area (Å²) in [6.45, 7) is 4.22. The Morgan fingerprint density at radius 2 is 1.84 bits per heavy atom. The Balaban J connectivity index is 1.50. The largest absolute Gasteiger partial charge is 0.494 e. The summed E-state index contributed by atoms with van der Waals surface area (Å²) in [5.41, 5.74) is 0.727. The van der Waals surface area contributed by atoms with Crippen molar-refractivity contribution in [3.05, 3.63) is 64.7 Å². The number of halogens is 1. The van der Waals surface area contributed by atoms with Crippen molar-refractivity contribution in [1.82, 2.24) is 19.2 Å². The van der Waals surface area contributed by atoms with Crippen molar-refractivity contribution in [2.24, 2.45) is 0 Å². The van der Waals surface area contributed by atoms with E-state index in [2.05, 4.69) is 10.2 Å². The lowest BCUT2D eigenvalue weighted by Gasteiger charge is -2.11. The van der Waals surface area contributed by atoms with Gasteiger partial charge in [0.25, 0.3) is 5.56 Å². The van der Waals surface area contributed by atoms with Gasteiger partial charge >= 0.3 is 0 Å². The van der Waals surface area contributed by atoms with Crippen LogP contribution in [0.2, 0.25) is 0 Å². The molecule has 0 N–H and O–H groups in total. The highest BCUT2D eigenvalue weighted by atomic mass is 32.2. The third kappa shape index (κ3) is 4.94. The average Bonchev–Trinajstić information content (AvgIpc) is 3.23. The van der Waals surface area contributed by atoms with E-state index in [1.165, 1.54) is 12.1 Å². The molecule has 0 spiro atoms. The topological polar surface area (TPSA) is 70.7 Å². The Hall–Kier alpha value is -2.91. The molecule has 168 valence electrons. The second kappa shape index (κ2) is 10.6. The standard InChI is InChI=1S/C23H25FN4O3S/c1-2-30-14-5-13-27-21(29)19-7-3-4-8-20(19)28-22(27)25-26-23(28)32-16-6-15-31-18-11-9-17(24)10-12-18/h3-4,7-12H,2,5-6,13-16H2,1H3. The van der Waals surface area contributed by atoms with Crippen LogP contribution in [-0.2, 0) is 11.3 Å². The lowest BCUT2D eigenvalue weighted by Crippen LogP contribution is -2.24. The fraction of sp³-hybridized carbons (Fsp3) is 0.348. The number of benzene rings is 2. The first-order chi connectivity index (χ1) is 15.7. The number of aryl methyl sites for hydroxylation is 1. The number of hydrogen-bond donors (Lipinski definition) is 0. The highest BCUT2D eigenvalue weighted by Crippen LogP contribution is 2.22. The number of ether oxygens (including phenoxy) is 2. The molecule has 0 unspecified atom stereocenters. The SMILES string of the molecule is CCOCCCn1c(=O)c2ccccc2n2c(SCCCOc3ccc(F)cc3)nnc12. The molecule has 0 aliphatic rings. The van der Waals surface area contributed by atoms with Crippen molar-refractivity contribution in [1.29, 1.82) is 0 Å². The van der Waals surface area contributed by atoms with Gasteiger partial charge in [-0.15, -0.1) is 10.2 Å². The number of rotatable bonds is 11. The maximum atomic E-state index is 13.1. The molecule has 0 radical (unpaired) electrons. The average molecular weight is 457 g/mol. The number of aromatic nitrogens is 4. The first-order valence-electron chi connectivity index (χ1n) is 10.6. The molecule has 9 heteroatoms. The number of thioether (sulfide) groups is 1. The summed E-state index contributed by atoms with van der Waals surface area (Å²) in [5, 5.41) is 10.1. The van der Waals surface area contributed by atoms with Crippen LogP contribution in [0.15, 0.2) is 58.5 Å². The van der Waals surface area contributed by atoms with Crippen LogP contribution in [0.1, 0.15) is 19.8 Å². The minimum Gasteiger partial charge on any atom is -0.494 e. The number of fused-ring (bicyclic) bond motifs is 3. The number of hydrogen-bond acceptors (Lipinski definition) is 6. The van der Waals surface area contributed by atoms with Gasteiger partial charge in [-0.25, -0.2) is 4.39 Å². The van der Waals surface area contributed by atoms with E-state index < -0.39 is 0 Å². The van der Waals surface area contributed by atoms with Crippen LogP contribution in [-0.4, -0.2) is 44.7 Å². The Kier molecular flexibility index (Phi) is 7.39. The van der Waals surface area contributed by atoms with Gasteiger partial charge in [0.1, 0.15) is 11.6 Å². The van der Waals surface area contributed by atoms with Crippen molar-refractivity contribution in [2.75, 3.05) is 25.6 Å². The van der Waals surface area contributed by atoms with Crippen molar-refractivity contribution in [3.63, 3.8) is 0 Å². The fourth-order valence-electron chi connectivity index (χ4n) is 3.44. The molecule has 0 saturated carbocycles. The molecule has 0 atom stereocenters.